The monoisotopic (exact) mass is 426 g/mol. The number of carbonyl (C=O) groups is 1. The Morgan fingerprint density at radius 3 is 2.90 bits per heavy atom. The van der Waals surface area contributed by atoms with Crippen LogP contribution in [0.25, 0.3) is 22.1 Å². The molecule has 158 valence electrons. The van der Waals surface area contributed by atoms with Crippen molar-refractivity contribution in [1.82, 2.24) is 30.4 Å². The number of ether oxygens (including phenoxy) is 1. The van der Waals surface area contributed by atoms with Crippen LogP contribution in [0.5, 0.6) is 5.75 Å². The van der Waals surface area contributed by atoms with E-state index in [-0.39, 0.29) is 12.1 Å². The normalized spacial score (nSPS) is 12.7. The number of benzene rings is 1. The van der Waals surface area contributed by atoms with Gasteiger partial charge in [-0.1, -0.05) is 6.07 Å². The van der Waals surface area contributed by atoms with E-state index in [0.717, 1.165) is 45.6 Å². The third-order valence-corrected chi connectivity index (χ3v) is 5.90. The van der Waals surface area contributed by atoms with Crippen molar-refractivity contribution in [2.45, 2.75) is 46.7 Å². The lowest BCUT2D eigenvalue weighted by Crippen LogP contribution is -2.34. The first-order valence-corrected chi connectivity index (χ1v) is 11.0. The highest BCUT2D eigenvalue weighted by Crippen LogP contribution is 2.40. The number of aromatic nitrogens is 4. The van der Waals surface area contributed by atoms with E-state index in [1.54, 1.807) is 11.3 Å². The Bertz CT molecular complexity index is 1070. The Balaban J connectivity index is 1.65. The molecule has 30 heavy (non-hydrogen) atoms. The number of amides is 2. The number of urea groups is 1. The molecular formula is C21H26N6O2S. The van der Waals surface area contributed by atoms with Crippen LogP contribution >= 0.6 is 11.3 Å². The van der Waals surface area contributed by atoms with Gasteiger partial charge in [-0.25, -0.2) is 19.4 Å². The van der Waals surface area contributed by atoms with Crippen LogP contribution in [-0.2, 0) is 13.0 Å². The predicted octanol–water partition coefficient (Wildman–Crippen LogP) is 3.71. The van der Waals surface area contributed by atoms with E-state index in [1.165, 1.54) is 4.88 Å². The minimum absolute atomic E-state index is 0.177. The quantitative estimate of drug-likeness (QED) is 0.649. The molecule has 8 nitrogen and oxygen atoms in total. The molecule has 1 aromatic carbocycles. The zero-order chi connectivity index (χ0) is 21.3. The van der Waals surface area contributed by atoms with Gasteiger partial charge >= 0.3 is 6.03 Å². The molecule has 0 saturated carbocycles. The fourth-order valence-corrected chi connectivity index (χ4v) is 4.45. The summed E-state index contributed by atoms with van der Waals surface area (Å²) in [7, 11) is 0. The van der Waals surface area contributed by atoms with Gasteiger partial charge in [0.1, 0.15) is 11.6 Å². The van der Waals surface area contributed by atoms with Gasteiger partial charge < -0.3 is 15.4 Å². The lowest BCUT2D eigenvalue weighted by molar-refractivity contribution is 0.241. The van der Waals surface area contributed by atoms with Crippen molar-refractivity contribution in [3.8, 4) is 27.8 Å². The van der Waals surface area contributed by atoms with Crippen LogP contribution < -0.4 is 15.4 Å². The zero-order valence-electron chi connectivity index (χ0n) is 17.7. The molecule has 1 aliphatic heterocycles. The fourth-order valence-electron chi connectivity index (χ4n) is 3.41. The molecule has 0 atom stereocenters. The summed E-state index contributed by atoms with van der Waals surface area (Å²) in [6, 6.07) is 6.04. The molecule has 0 unspecified atom stereocenters. The van der Waals surface area contributed by atoms with Crippen molar-refractivity contribution in [3.63, 3.8) is 0 Å². The maximum Gasteiger partial charge on any atom is 0.315 e. The number of nitrogens with one attached hydrogen (secondary N) is 2. The molecule has 3 heterocycles. The average molecular weight is 427 g/mol. The molecule has 3 aromatic rings. The standard InChI is InChI=1S/C21H26N6O2S/c1-5-22-21(28)23-11-14-6-7-15-16(10-14)29-9-8-17-18(15)25-20(30-17)19-24-13(4)26-27(19)12(2)3/h6-7,10,12H,5,8-9,11H2,1-4H3,(H2,22,23,28). The highest BCUT2D eigenvalue weighted by Gasteiger charge is 2.24. The number of fused-ring (bicyclic) bond motifs is 3. The molecule has 0 spiro atoms. The van der Waals surface area contributed by atoms with Crippen LogP contribution in [0.15, 0.2) is 18.2 Å². The Morgan fingerprint density at radius 1 is 1.30 bits per heavy atom. The Kier molecular flexibility index (Phi) is 5.72. The van der Waals surface area contributed by atoms with E-state index >= 15 is 0 Å². The molecule has 0 bridgehead atoms. The van der Waals surface area contributed by atoms with Gasteiger partial charge in [0.15, 0.2) is 10.8 Å². The molecule has 4 rings (SSSR count). The van der Waals surface area contributed by atoms with Crippen LogP contribution in [-0.4, -0.2) is 38.9 Å². The van der Waals surface area contributed by atoms with Crippen molar-refractivity contribution in [2.24, 2.45) is 0 Å². The first-order valence-electron chi connectivity index (χ1n) is 10.2. The van der Waals surface area contributed by atoms with E-state index in [0.29, 0.717) is 19.7 Å². The summed E-state index contributed by atoms with van der Waals surface area (Å²) in [5, 5.41) is 11.0. The van der Waals surface area contributed by atoms with E-state index < -0.39 is 0 Å². The SMILES string of the molecule is CCNC(=O)NCc1ccc2c(c1)OCCc1sc(-c3nc(C)nn3C(C)C)nc1-2. The largest absolute Gasteiger partial charge is 0.492 e. The highest BCUT2D eigenvalue weighted by molar-refractivity contribution is 7.15. The number of hydrogen-bond donors (Lipinski definition) is 2. The number of hydrogen-bond acceptors (Lipinski definition) is 6. The summed E-state index contributed by atoms with van der Waals surface area (Å²) < 4.78 is 7.93. The summed E-state index contributed by atoms with van der Waals surface area (Å²) >= 11 is 1.65. The lowest BCUT2D eigenvalue weighted by Gasteiger charge is -2.11. The van der Waals surface area contributed by atoms with Gasteiger partial charge in [0.25, 0.3) is 0 Å². The number of thiazole rings is 1. The van der Waals surface area contributed by atoms with Crippen LogP contribution in [0.1, 0.15) is 43.1 Å². The lowest BCUT2D eigenvalue weighted by atomic mass is 10.1. The van der Waals surface area contributed by atoms with Gasteiger partial charge in [-0.15, -0.1) is 11.3 Å². The van der Waals surface area contributed by atoms with E-state index in [4.69, 9.17) is 9.72 Å². The van der Waals surface area contributed by atoms with Crippen LogP contribution in [0.2, 0.25) is 0 Å². The number of nitrogens with zero attached hydrogens (tertiary/aromatic N) is 4. The van der Waals surface area contributed by atoms with Gasteiger partial charge in [0.05, 0.1) is 12.3 Å². The van der Waals surface area contributed by atoms with E-state index in [2.05, 4.69) is 34.6 Å². The van der Waals surface area contributed by atoms with Crippen LogP contribution in [0.3, 0.4) is 0 Å². The van der Waals surface area contributed by atoms with Gasteiger partial charge in [-0.3, -0.25) is 0 Å². The summed E-state index contributed by atoms with van der Waals surface area (Å²) in [6.45, 7) is 9.60. The third kappa shape index (κ3) is 4.02. The second-order valence-corrected chi connectivity index (χ2v) is 8.54. The number of aryl methyl sites for hydroxylation is 1. The zero-order valence-corrected chi connectivity index (χ0v) is 18.5. The van der Waals surface area contributed by atoms with Crippen LogP contribution in [0, 0.1) is 6.92 Å². The average Bonchev–Trinajstić information content (AvgIpc) is 3.26. The first kappa shape index (κ1) is 20.3. The second-order valence-electron chi connectivity index (χ2n) is 7.45. The molecule has 0 radical (unpaired) electrons. The molecule has 0 fully saturated rings. The topological polar surface area (TPSA) is 94.0 Å². The smallest absolute Gasteiger partial charge is 0.315 e. The third-order valence-electron chi connectivity index (χ3n) is 4.79. The second kappa shape index (κ2) is 8.43. The van der Waals surface area contributed by atoms with Crippen molar-refractivity contribution in [1.29, 1.82) is 0 Å². The molecule has 2 amide bonds. The van der Waals surface area contributed by atoms with Gasteiger partial charge in [0.2, 0.25) is 0 Å². The maximum atomic E-state index is 11.7. The van der Waals surface area contributed by atoms with Crippen LogP contribution in [0.4, 0.5) is 4.79 Å². The molecule has 2 aromatic heterocycles. The molecule has 0 saturated heterocycles. The molecule has 0 aliphatic carbocycles. The minimum atomic E-state index is -0.177. The van der Waals surface area contributed by atoms with Crippen molar-refractivity contribution >= 4 is 17.4 Å². The van der Waals surface area contributed by atoms with E-state index in [9.17, 15) is 4.79 Å². The maximum absolute atomic E-state index is 11.7. The van der Waals surface area contributed by atoms with Crippen molar-refractivity contribution in [2.75, 3.05) is 13.2 Å². The van der Waals surface area contributed by atoms with Crippen molar-refractivity contribution < 1.29 is 9.53 Å². The van der Waals surface area contributed by atoms with Gasteiger partial charge in [-0.05, 0) is 45.4 Å². The molecular weight excluding hydrogens is 400 g/mol. The molecule has 1 aliphatic rings. The summed E-state index contributed by atoms with van der Waals surface area (Å²) in [4.78, 5) is 22.4. The minimum Gasteiger partial charge on any atom is -0.492 e. The number of carbonyl (C=O) groups excluding carboxylic acids is 1. The highest BCUT2D eigenvalue weighted by atomic mass is 32.1. The van der Waals surface area contributed by atoms with Gasteiger partial charge in [0, 0.05) is 36.0 Å². The molecule has 2 N–H and O–H groups in total. The van der Waals surface area contributed by atoms with Crippen molar-refractivity contribution in [3.05, 3.63) is 34.5 Å². The number of rotatable bonds is 5. The fraction of sp³-hybridized carbons (Fsp3) is 0.429. The summed E-state index contributed by atoms with van der Waals surface area (Å²) in [5.74, 6) is 2.35. The molecule has 9 heteroatoms. The Morgan fingerprint density at radius 2 is 2.13 bits per heavy atom. The van der Waals surface area contributed by atoms with E-state index in [1.807, 2.05) is 36.7 Å². The summed E-state index contributed by atoms with van der Waals surface area (Å²) in [6.07, 6.45) is 0.795. The predicted molar refractivity (Wildman–Crippen MR) is 117 cm³/mol. The van der Waals surface area contributed by atoms with Gasteiger partial charge in [-0.2, -0.15) is 5.10 Å². The summed E-state index contributed by atoms with van der Waals surface area (Å²) in [5.41, 5.74) is 2.90. The Hall–Kier alpha value is -2.94. The first-order chi connectivity index (χ1) is 14.5. The Labute approximate surface area is 179 Å².